The van der Waals surface area contributed by atoms with Gasteiger partial charge >= 0.3 is 0 Å². The lowest BCUT2D eigenvalue weighted by atomic mass is 10.0. The molecule has 2 aliphatic rings. The van der Waals surface area contributed by atoms with Gasteiger partial charge in [0.15, 0.2) is 9.84 Å². The lowest BCUT2D eigenvalue weighted by Crippen LogP contribution is -2.38. The van der Waals surface area contributed by atoms with Gasteiger partial charge < -0.3 is 9.84 Å². The quantitative estimate of drug-likeness (QED) is 0.829. The van der Waals surface area contributed by atoms with Crippen molar-refractivity contribution < 1.29 is 18.3 Å². The summed E-state index contributed by atoms with van der Waals surface area (Å²) in [4.78, 5) is 0. The van der Waals surface area contributed by atoms with Gasteiger partial charge in [-0.25, -0.2) is 8.42 Å². The van der Waals surface area contributed by atoms with Gasteiger partial charge in [-0.2, -0.15) is 0 Å². The molecule has 2 aliphatic heterocycles. The second kappa shape index (κ2) is 5.67. The number of rotatable bonds is 4. The highest BCUT2D eigenvalue weighted by atomic mass is 32.2. The van der Waals surface area contributed by atoms with E-state index in [1.165, 1.54) is 0 Å². The predicted octanol–water partition coefficient (Wildman–Crippen LogP) is 1.27. The van der Waals surface area contributed by atoms with Crippen LogP contribution in [0.3, 0.4) is 0 Å². The Morgan fingerprint density at radius 2 is 2.06 bits per heavy atom. The van der Waals surface area contributed by atoms with E-state index >= 15 is 0 Å². The van der Waals surface area contributed by atoms with E-state index in [9.17, 15) is 13.5 Å². The summed E-state index contributed by atoms with van der Waals surface area (Å²) in [5, 5.41) is 9.51. The second-order valence-electron chi connectivity index (χ2n) is 5.18. The first-order valence-corrected chi connectivity index (χ1v) is 8.32. The van der Waals surface area contributed by atoms with E-state index in [4.69, 9.17) is 4.74 Å². The molecular formula is C12H22O4S. The first kappa shape index (κ1) is 13.3. The minimum Gasteiger partial charge on any atom is -0.392 e. The summed E-state index contributed by atoms with van der Waals surface area (Å²) in [6, 6.07) is 0. The molecule has 0 aliphatic carbocycles. The molecule has 0 aromatic carbocycles. The molecule has 17 heavy (non-hydrogen) atoms. The van der Waals surface area contributed by atoms with Crippen molar-refractivity contribution in [2.75, 3.05) is 12.4 Å². The maximum absolute atomic E-state index is 11.8. The average molecular weight is 262 g/mol. The molecule has 2 fully saturated rings. The Morgan fingerprint density at radius 3 is 2.71 bits per heavy atom. The molecule has 0 aromatic heterocycles. The van der Waals surface area contributed by atoms with E-state index in [2.05, 4.69) is 0 Å². The Labute approximate surface area is 103 Å². The van der Waals surface area contributed by atoms with Gasteiger partial charge in [0.1, 0.15) is 0 Å². The first-order chi connectivity index (χ1) is 8.09. The van der Waals surface area contributed by atoms with E-state index in [0.29, 0.717) is 12.8 Å². The Balaban J connectivity index is 1.83. The van der Waals surface area contributed by atoms with Crippen molar-refractivity contribution in [3.05, 3.63) is 0 Å². The van der Waals surface area contributed by atoms with Crippen molar-refractivity contribution >= 4 is 9.84 Å². The predicted molar refractivity (Wildman–Crippen MR) is 65.6 cm³/mol. The van der Waals surface area contributed by atoms with Gasteiger partial charge in [0.05, 0.1) is 23.2 Å². The van der Waals surface area contributed by atoms with E-state index in [1.807, 2.05) is 0 Å². The minimum atomic E-state index is -3.06. The number of ether oxygens (including phenoxy) is 1. The zero-order chi connectivity index (χ0) is 12.3. The molecule has 0 amide bonds. The van der Waals surface area contributed by atoms with Crippen molar-refractivity contribution in [3.63, 3.8) is 0 Å². The van der Waals surface area contributed by atoms with E-state index in [-0.39, 0.29) is 11.9 Å². The third-order valence-corrected chi connectivity index (χ3v) is 6.20. The third-order valence-electron chi connectivity index (χ3n) is 3.87. The Morgan fingerprint density at radius 1 is 1.24 bits per heavy atom. The highest BCUT2D eigenvalue weighted by Gasteiger charge is 2.34. The zero-order valence-electron chi connectivity index (χ0n) is 10.2. The van der Waals surface area contributed by atoms with Crippen LogP contribution < -0.4 is 0 Å². The van der Waals surface area contributed by atoms with Crippen molar-refractivity contribution in [2.45, 2.75) is 62.4 Å². The summed E-state index contributed by atoms with van der Waals surface area (Å²) < 4.78 is 29.1. The fourth-order valence-electron chi connectivity index (χ4n) is 2.83. The van der Waals surface area contributed by atoms with Crippen LogP contribution in [-0.4, -0.2) is 43.3 Å². The molecule has 2 heterocycles. The molecule has 3 unspecified atom stereocenters. The van der Waals surface area contributed by atoms with Crippen LogP contribution >= 0.6 is 0 Å². The minimum absolute atomic E-state index is 0.232. The molecule has 0 spiro atoms. The Bertz CT molecular complexity index is 332. The second-order valence-corrected chi connectivity index (χ2v) is 7.52. The largest absolute Gasteiger partial charge is 0.392 e. The van der Waals surface area contributed by atoms with Crippen molar-refractivity contribution in [2.24, 2.45) is 0 Å². The molecule has 0 aromatic rings. The number of hydrogen-bond acceptors (Lipinski definition) is 4. The van der Waals surface area contributed by atoms with Crippen LogP contribution in [0.25, 0.3) is 0 Å². The van der Waals surface area contributed by atoms with E-state index in [0.717, 1.165) is 38.7 Å². The summed E-state index contributed by atoms with van der Waals surface area (Å²) in [7, 11) is -3.06. The van der Waals surface area contributed by atoms with Gasteiger partial charge in [-0.05, 0) is 38.5 Å². The molecule has 0 bridgehead atoms. The van der Waals surface area contributed by atoms with Crippen molar-refractivity contribution in [3.8, 4) is 0 Å². The number of hydrogen-bond donors (Lipinski definition) is 1. The molecular weight excluding hydrogens is 240 g/mol. The summed E-state index contributed by atoms with van der Waals surface area (Å²) >= 11 is 0. The molecule has 3 atom stereocenters. The molecule has 0 saturated carbocycles. The van der Waals surface area contributed by atoms with Gasteiger partial charge in [0, 0.05) is 6.61 Å². The number of sulfone groups is 1. The van der Waals surface area contributed by atoms with Crippen LogP contribution in [-0.2, 0) is 14.6 Å². The zero-order valence-corrected chi connectivity index (χ0v) is 11.0. The maximum atomic E-state index is 11.8. The highest BCUT2D eigenvalue weighted by molar-refractivity contribution is 7.92. The van der Waals surface area contributed by atoms with Gasteiger partial charge in [0.25, 0.3) is 0 Å². The van der Waals surface area contributed by atoms with Crippen LogP contribution in [0.2, 0.25) is 0 Å². The van der Waals surface area contributed by atoms with Crippen LogP contribution in [0.15, 0.2) is 0 Å². The molecule has 5 heteroatoms. The van der Waals surface area contributed by atoms with Crippen LogP contribution in [0.1, 0.15) is 44.9 Å². The lowest BCUT2D eigenvalue weighted by Gasteiger charge is -2.27. The van der Waals surface area contributed by atoms with Crippen molar-refractivity contribution in [1.29, 1.82) is 0 Å². The fourth-order valence-corrected chi connectivity index (χ4v) is 4.88. The summed E-state index contributed by atoms with van der Waals surface area (Å²) in [5.74, 6) is 0.245. The average Bonchev–Trinajstić information content (AvgIpc) is 2.78. The molecule has 100 valence electrons. The molecule has 4 nitrogen and oxygen atoms in total. The molecule has 2 saturated heterocycles. The number of aliphatic hydroxyl groups excluding tert-OH is 1. The maximum Gasteiger partial charge on any atom is 0.155 e. The molecule has 2 rings (SSSR count). The SMILES string of the molecule is O=S1(=O)CCCCC1C(O)CCC1CCCO1. The van der Waals surface area contributed by atoms with Crippen LogP contribution in [0.5, 0.6) is 0 Å². The monoisotopic (exact) mass is 262 g/mol. The van der Waals surface area contributed by atoms with Crippen molar-refractivity contribution in [1.82, 2.24) is 0 Å². The topological polar surface area (TPSA) is 63.6 Å². The van der Waals surface area contributed by atoms with E-state index in [1.54, 1.807) is 0 Å². The standard InChI is InChI=1S/C12H22O4S/c13-11(7-6-10-4-3-8-16-10)12-5-1-2-9-17(12,14)15/h10-13H,1-9H2. The lowest BCUT2D eigenvalue weighted by molar-refractivity contribution is 0.0787. The molecule has 0 radical (unpaired) electrons. The Hall–Kier alpha value is -0.130. The van der Waals surface area contributed by atoms with Gasteiger partial charge in [-0.3, -0.25) is 0 Å². The fraction of sp³-hybridized carbons (Fsp3) is 1.00. The highest BCUT2D eigenvalue weighted by Crippen LogP contribution is 2.26. The third kappa shape index (κ3) is 3.42. The summed E-state index contributed by atoms with van der Waals surface area (Å²) in [6.45, 7) is 0.808. The number of aliphatic hydroxyl groups is 1. The normalized spacial score (nSPS) is 34.6. The first-order valence-electron chi connectivity index (χ1n) is 6.61. The van der Waals surface area contributed by atoms with E-state index < -0.39 is 21.2 Å². The van der Waals surface area contributed by atoms with Crippen LogP contribution in [0, 0.1) is 0 Å². The van der Waals surface area contributed by atoms with Crippen LogP contribution in [0.4, 0.5) is 0 Å². The summed E-state index contributed by atoms with van der Waals surface area (Å²) in [6.07, 6.45) is 5.28. The summed E-state index contributed by atoms with van der Waals surface area (Å²) in [5.41, 5.74) is 0. The molecule has 1 N–H and O–H groups in total. The Kier molecular flexibility index (Phi) is 4.44. The van der Waals surface area contributed by atoms with Gasteiger partial charge in [-0.15, -0.1) is 0 Å². The smallest absolute Gasteiger partial charge is 0.155 e. The van der Waals surface area contributed by atoms with Gasteiger partial charge in [-0.1, -0.05) is 6.42 Å². The van der Waals surface area contributed by atoms with Gasteiger partial charge in [0.2, 0.25) is 0 Å².